The minimum atomic E-state index is -0.326. The Hall–Kier alpha value is -4.06. The highest BCUT2D eigenvalue weighted by Crippen LogP contribution is 2.30. The first-order valence-corrected chi connectivity index (χ1v) is 12.9. The number of aromatic hydroxyl groups is 1. The quantitative estimate of drug-likeness (QED) is 0.233. The lowest BCUT2D eigenvalue weighted by Crippen LogP contribution is -2.14. The van der Waals surface area contributed by atoms with Gasteiger partial charge in [0.2, 0.25) is 0 Å². The summed E-state index contributed by atoms with van der Waals surface area (Å²) in [5.41, 5.74) is 3.53. The van der Waals surface area contributed by atoms with E-state index >= 15 is 0 Å². The molecule has 1 aromatic heterocycles. The van der Waals surface area contributed by atoms with Crippen molar-refractivity contribution < 1.29 is 14.6 Å². The number of unbranched alkanes of at least 4 members (excludes halogenated alkanes) is 1. The van der Waals surface area contributed by atoms with Gasteiger partial charge in [0, 0.05) is 11.1 Å². The topological polar surface area (TPSA) is 85.2 Å². The molecule has 0 saturated carbocycles. The van der Waals surface area contributed by atoms with Crippen LogP contribution in [-0.2, 0) is 4.74 Å². The summed E-state index contributed by atoms with van der Waals surface area (Å²) in [7, 11) is 0. The summed E-state index contributed by atoms with van der Waals surface area (Å²) >= 11 is 0. The van der Waals surface area contributed by atoms with E-state index in [0.717, 1.165) is 42.4 Å². The number of ether oxygens (including phenoxy) is 1. The van der Waals surface area contributed by atoms with E-state index in [9.17, 15) is 9.90 Å². The number of aryl methyl sites for hydroxylation is 1. The molecule has 1 unspecified atom stereocenters. The largest absolute Gasteiger partial charge is 0.507 e. The molecule has 0 spiro atoms. The van der Waals surface area contributed by atoms with Gasteiger partial charge in [0.15, 0.2) is 17.5 Å². The SMILES string of the molecule is CCCCC(CC)COC(=O)c1ccc(-c2nc(-c3ccccc3)nc(-c3ccc(C)cc3O)n2)cc1. The number of hydrogen-bond acceptors (Lipinski definition) is 6. The number of phenols is 1. The van der Waals surface area contributed by atoms with Crippen LogP contribution in [-0.4, -0.2) is 32.6 Å². The van der Waals surface area contributed by atoms with Gasteiger partial charge < -0.3 is 9.84 Å². The summed E-state index contributed by atoms with van der Waals surface area (Å²) in [6, 6.07) is 22.1. The molecule has 0 radical (unpaired) electrons. The number of hydrogen-bond donors (Lipinski definition) is 1. The highest BCUT2D eigenvalue weighted by Gasteiger charge is 2.16. The third-order valence-corrected chi connectivity index (χ3v) is 6.43. The molecular weight excluding hydrogens is 462 g/mol. The zero-order chi connectivity index (χ0) is 26.2. The summed E-state index contributed by atoms with van der Waals surface area (Å²) in [5.74, 6) is 1.51. The monoisotopic (exact) mass is 495 g/mol. The maximum Gasteiger partial charge on any atom is 0.338 e. The summed E-state index contributed by atoms with van der Waals surface area (Å²) in [6.45, 7) is 6.65. The zero-order valence-electron chi connectivity index (χ0n) is 21.6. The van der Waals surface area contributed by atoms with Gasteiger partial charge in [-0.3, -0.25) is 0 Å². The van der Waals surface area contributed by atoms with Crippen LogP contribution in [0.2, 0.25) is 0 Å². The van der Waals surface area contributed by atoms with Crippen molar-refractivity contribution in [3.8, 4) is 39.9 Å². The Morgan fingerprint density at radius 3 is 2.14 bits per heavy atom. The summed E-state index contributed by atoms with van der Waals surface area (Å²) in [5, 5.41) is 10.6. The van der Waals surface area contributed by atoms with Gasteiger partial charge in [-0.05, 0) is 49.1 Å². The molecule has 1 N–H and O–H groups in total. The molecule has 0 aliphatic heterocycles. The van der Waals surface area contributed by atoms with Crippen LogP contribution in [0.4, 0.5) is 0 Å². The van der Waals surface area contributed by atoms with Crippen molar-refractivity contribution in [3.05, 3.63) is 83.9 Å². The maximum atomic E-state index is 12.6. The van der Waals surface area contributed by atoms with Crippen molar-refractivity contribution in [3.63, 3.8) is 0 Å². The van der Waals surface area contributed by atoms with Crippen LogP contribution in [0, 0.1) is 12.8 Å². The van der Waals surface area contributed by atoms with E-state index in [1.165, 1.54) is 0 Å². The van der Waals surface area contributed by atoms with Gasteiger partial charge in [-0.15, -0.1) is 0 Å². The van der Waals surface area contributed by atoms with Gasteiger partial charge >= 0.3 is 5.97 Å². The van der Waals surface area contributed by atoms with Gasteiger partial charge in [-0.1, -0.05) is 81.6 Å². The molecular formula is C31H33N3O3. The standard InChI is InChI=1S/C31H33N3O3/c1-4-6-10-22(5-2)20-37-31(36)25-16-14-24(15-17-25)29-32-28(23-11-8-7-9-12-23)33-30(34-29)26-18-13-21(3)19-27(26)35/h7-9,11-19,22,35H,4-6,10,20H2,1-3H3. The Labute approximate surface area is 218 Å². The molecule has 0 fully saturated rings. The van der Waals surface area contributed by atoms with Crippen LogP contribution in [0.5, 0.6) is 5.75 Å². The first-order valence-electron chi connectivity index (χ1n) is 12.9. The van der Waals surface area contributed by atoms with Crippen LogP contribution in [0.1, 0.15) is 55.5 Å². The number of nitrogens with zero attached hydrogens (tertiary/aromatic N) is 3. The number of carbonyl (C=O) groups is 1. The van der Waals surface area contributed by atoms with Crippen LogP contribution in [0.25, 0.3) is 34.2 Å². The van der Waals surface area contributed by atoms with Crippen molar-refractivity contribution in [2.45, 2.75) is 46.5 Å². The minimum Gasteiger partial charge on any atom is -0.507 e. The lowest BCUT2D eigenvalue weighted by Gasteiger charge is -2.14. The molecule has 0 amide bonds. The molecule has 0 saturated heterocycles. The third kappa shape index (κ3) is 6.58. The minimum absolute atomic E-state index is 0.110. The second kappa shape index (κ2) is 12.3. The smallest absolute Gasteiger partial charge is 0.338 e. The Balaban J connectivity index is 1.62. The van der Waals surface area contributed by atoms with E-state index < -0.39 is 0 Å². The fraction of sp³-hybridized carbons (Fsp3) is 0.290. The van der Waals surface area contributed by atoms with E-state index in [2.05, 4.69) is 23.8 Å². The van der Waals surface area contributed by atoms with Crippen molar-refractivity contribution in [1.82, 2.24) is 15.0 Å². The van der Waals surface area contributed by atoms with Crippen molar-refractivity contribution in [2.75, 3.05) is 6.61 Å². The number of rotatable bonds is 10. The predicted molar refractivity (Wildman–Crippen MR) is 146 cm³/mol. The van der Waals surface area contributed by atoms with Crippen LogP contribution >= 0.6 is 0 Å². The number of esters is 1. The molecule has 4 aromatic rings. The lowest BCUT2D eigenvalue weighted by atomic mass is 10.0. The second-order valence-electron chi connectivity index (χ2n) is 9.29. The Morgan fingerprint density at radius 2 is 1.51 bits per heavy atom. The molecule has 4 rings (SSSR count). The van der Waals surface area contributed by atoms with E-state index in [-0.39, 0.29) is 11.7 Å². The highest BCUT2D eigenvalue weighted by molar-refractivity contribution is 5.90. The van der Waals surface area contributed by atoms with Crippen LogP contribution in [0.15, 0.2) is 72.8 Å². The molecule has 6 heteroatoms. The molecule has 6 nitrogen and oxygen atoms in total. The molecule has 0 aliphatic rings. The Kier molecular flexibility index (Phi) is 8.62. The molecule has 190 valence electrons. The van der Waals surface area contributed by atoms with Crippen LogP contribution in [0.3, 0.4) is 0 Å². The number of benzene rings is 3. The number of carbonyl (C=O) groups excluding carboxylic acids is 1. The first kappa shape index (κ1) is 26.0. The number of aromatic nitrogens is 3. The molecule has 3 aromatic carbocycles. The summed E-state index contributed by atoms with van der Waals surface area (Å²) in [4.78, 5) is 26.7. The van der Waals surface area contributed by atoms with Crippen molar-refractivity contribution in [1.29, 1.82) is 0 Å². The van der Waals surface area contributed by atoms with Crippen molar-refractivity contribution >= 4 is 5.97 Å². The molecule has 1 atom stereocenters. The van der Waals surface area contributed by atoms with Gasteiger partial charge in [0.25, 0.3) is 0 Å². The van der Waals surface area contributed by atoms with E-state index in [4.69, 9.17) is 9.72 Å². The van der Waals surface area contributed by atoms with Gasteiger partial charge in [-0.2, -0.15) is 0 Å². The van der Waals surface area contributed by atoms with E-state index in [1.807, 2.05) is 61.5 Å². The number of phenolic OH excluding ortho intramolecular Hbond substituents is 1. The van der Waals surface area contributed by atoms with E-state index in [0.29, 0.717) is 41.1 Å². The average molecular weight is 496 g/mol. The second-order valence-corrected chi connectivity index (χ2v) is 9.29. The summed E-state index contributed by atoms with van der Waals surface area (Å²) < 4.78 is 5.59. The fourth-order valence-corrected chi connectivity index (χ4v) is 4.10. The average Bonchev–Trinajstić information content (AvgIpc) is 2.93. The third-order valence-electron chi connectivity index (χ3n) is 6.43. The first-order chi connectivity index (χ1) is 18.0. The zero-order valence-corrected chi connectivity index (χ0v) is 21.6. The molecule has 1 heterocycles. The summed E-state index contributed by atoms with van der Waals surface area (Å²) in [6.07, 6.45) is 4.35. The van der Waals surface area contributed by atoms with Gasteiger partial charge in [0.05, 0.1) is 17.7 Å². The molecule has 0 bridgehead atoms. The highest BCUT2D eigenvalue weighted by atomic mass is 16.5. The van der Waals surface area contributed by atoms with E-state index in [1.54, 1.807) is 18.2 Å². The predicted octanol–water partition coefficient (Wildman–Crippen LogP) is 7.26. The fourth-order valence-electron chi connectivity index (χ4n) is 4.10. The van der Waals surface area contributed by atoms with Gasteiger partial charge in [-0.25, -0.2) is 19.7 Å². The molecule has 37 heavy (non-hydrogen) atoms. The maximum absolute atomic E-state index is 12.6. The van der Waals surface area contributed by atoms with Gasteiger partial charge in [0.1, 0.15) is 5.75 Å². The van der Waals surface area contributed by atoms with Crippen molar-refractivity contribution in [2.24, 2.45) is 5.92 Å². The normalized spacial score (nSPS) is 11.8. The Bertz CT molecular complexity index is 1340. The molecule has 0 aliphatic carbocycles. The Morgan fingerprint density at radius 1 is 0.865 bits per heavy atom. The van der Waals surface area contributed by atoms with Crippen LogP contribution < -0.4 is 0 Å². The lowest BCUT2D eigenvalue weighted by molar-refractivity contribution is 0.0428.